The molecule has 14 heteroatoms. The topological polar surface area (TPSA) is 161 Å². The van der Waals surface area contributed by atoms with Gasteiger partial charge in [0.2, 0.25) is 11.8 Å². The normalized spacial score (nSPS) is 18.5. The third-order valence-corrected chi connectivity index (χ3v) is 11.1. The van der Waals surface area contributed by atoms with E-state index in [4.69, 9.17) is 0 Å². The highest BCUT2D eigenvalue weighted by Crippen LogP contribution is 2.33. The Kier molecular flexibility index (Phi) is 15.4. The number of unbranched alkanes of at least 4 members (excludes halogenated alkanes) is 11. The zero-order valence-corrected chi connectivity index (χ0v) is 29.7. The lowest BCUT2D eigenvalue weighted by Gasteiger charge is -2.16. The number of fused-ring (bicyclic) bond motifs is 2. The molecule has 0 radical (unpaired) electrons. The van der Waals surface area contributed by atoms with Gasteiger partial charge in [-0.05, 0) is 38.5 Å². The molecule has 2 fully saturated rings. The molecule has 4 heterocycles. The van der Waals surface area contributed by atoms with Crippen molar-refractivity contribution in [2.45, 2.75) is 133 Å². The number of carbonyl (C=O) groups excluding carboxylic acids is 3. The molecule has 48 heavy (non-hydrogen) atoms. The van der Waals surface area contributed by atoms with E-state index in [1.54, 1.807) is 25.0 Å². The van der Waals surface area contributed by atoms with Crippen LogP contribution in [0.4, 0.5) is 4.79 Å². The number of amides is 4. The van der Waals surface area contributed by atoms with Crippen LogP contribution in [0.2, 0.25) is 0 Å². The van der Waals surface area contributed by atoms with Gasteiger partial charge in [0, 0.05) is 57.6 Å². The minimum absolute atomic E-state index is 0.0559. The van der Waals surface area contributed by atoms with Gasteiger partial charge in [-0.3, -0.25) is 23.5 Å². The lowest BCUT2D eigenvalue weighted by molar-refractivity contribution is -0.122. The van der Waals surface area contributed by atoms with Gasteiger partial charge in [-0.25, -0.2) is 14.6 Å². The van der Waals surface area contributed by atoms with Gasteiger partial charge < -0.3 is 25.8 Å². The van der Waals surface area contributed by atoms with Crippen molar-refractivity contribution in [1.82, 2.24) is 40.0 Å². The molecule has 13 nitrogen and oxygen atoms in total. The molecule has 4 N–H and O–H groups in total. The highest BCUT2D eigenvalue weighted by Gasteiger charge is 2.42. The van der Waals surface area contributed by atoms with Crippen LogP contribution in [0.5, 0.6) is 0 Å². The fraction of sp³-hybridized carbons (Fsp3) is 0.765. The third kappa shape index (κ3) is 11.1. The maximum absolute atomic E-state index is 12.8. The maximum atomic E-state index is 12.8. The quantitative estimate of drug-likeness (QED) is 0.103. The van der Waals surface area contributed by atoms with Crippen LogP contribution >= 0.6 is 11.8 Å². The van der Waals surface area contributed by atoms with Crippen molar-refractivity contribution in [2.24, 2.45) is 14.1 Å². The number of aromatic nitrogens is 4. The Hall–Kier alpha value is -3.29. The van der Waals surface area contributed by atoms with Crippen LogP contribution in [0.15, 0.2) is 15.9 Å². The zero-order valence-electron chi connectivity index (χ0n) is 28.9. The standard InChI is InChI=1S/C34H56N8O5S/c1-40-24-37-31-30(40)32(45)42(34(47)41(31)2)22-16-9-7-5-3-4-6-8-14-20-35-27(43)18-11-10-15-21-36-28(44)19-13-12-17-26-29-25(23-48-26)38-33(46)39-29/h24-26,29H,3-23H2,1-2H3,(H,35,43)(H,36,44)(H2,38,39,46)/t25-,26?,29?/m0/s1. The van der Waals surface area contributed by atoms with E-state index in [1.807, 2.05) is 11.8 Å². The second kappa shape index (κ2) is 19.6. The maximum Gasteiger partial charge on any atom is 0.332 e. The molecular formula is C34H56N8O5S. The Labute approximate surface area is 287 Å². The first kappa shape index (κ1) is 37.5. The molecule has 0 bridgehead atoms. The van der Waals surface area contributed by atoms with Gasteiger partial charge in [-0.2, -0.15) is 11.8 Å². The highest BCUT2D eigenvalue weighted by atomic mass is 32.2. The van der Waals surface area contributed by atoms with Gasteiger partial charge in [0.1, 0.15) is 0 Å². The Bertz CT molecular complexity index is 1470. The van der Waals surface area contributed by atoms with Gasteiger partial charge in [-0.15, -0.1) is 0 Å². The Balaban J connectivity index is 0.886. The van der Waals surface area contributed by atoms with Crippen LogP contribution in [-0.2, 0) is 30.2 Å². The minimum Gasteiger partial charge on any atom is -0.356 e. The summed E-state index contributed by atoms with van der Waals surface area (Å²) in [5.41, 5.74) is 0.310. The molecule has 268 valence electrons. The van der Waals surface area contributed by atoms with Crippen LogP contribution < -0.4 is 32.5 Å². The number of hydrogen-bond donors (Lipinski definition) is 4. The van der Waals surface area contributed by atoms with Crippen molar-refractivity contribution < 1.29 is 14.4 Å². The average molecular weight is 689 g/mol. The summed E-state index contributed by atoms with van der Waals surface area (Å²) in [6, 6.07) is 0.423. The van der Waals surface area contributed by atoms with E-state index in [1.165, 1.54) is 22.0 Å². The monoisotopic (exact) mass is 688 g/mol. The van der Waals surface area contributed by atoms with E-state index in [0.717, 1.165) is 95.8 Å². The molecule has 2 aliphatic rings. The van der Waals surface area contributed by atoms with Crippen LogP contribution in [0.1, 0.15) is 109 Å². The van der Waals surface area contributed by atoms with Gasteiger partial charge in [-0.1, -0.05) is 57.8 Å². The van der Waals surface area contributed by atoms with Crippen LogP contribution in [0, 0.1) is 0 Å². The Morgan fingerprint density at radius 1 is 0.812 bits per heavy atom. The largest absolute Gasteiger partial charge is 0.356 e. The fourth-order valence-corrected chi connectivity index (χ4v) is 8.26. The van der Waals surface area contributed by atoms with E-state index in [2.05, 4.69) is 26.3 Å². The molecule has 2 aromatic heterocycles. The number of nitrogens with zero attached hydrogens (tertiary/aromatic N) is 4. The molecule has 3 atom stereocenters. The number of carbonyl (C=O) groups is 3. The van der Waals surface area contributed by atoms with Gasteiger partial charge >= 0.3 is 11.7 Å². The molecule has 0 aromatic carbocycles. The number of hydrogen-bond acceptors (Lipinski definition) is 7. The van der Waals surface area contributed by atoms with E-state index in [9.17, 15) is 24.0 Å². The van der Waals surface area contributed by atoms with Crippen LogP contribution in [0.25, 0.3) is 11.2 Å². The summed E-state index contributed by atoms with van der Waals surface area (Å²) in [7, 11) is 3.42. The summed E-state index contributed by atoms with van der Waals surface area (Å²) in [6.45, 7) is 1.82. The lowest BCUT2D eigenvalue weighted by atomic mass is 10.0. The average Bonchev–Trinajstić information content (AvgIpc) is 3.75. The minimum atomic E-state index is -0.309. The third-order valence-electron chi connectivity index (χ3n) is 9.57. The van der Waals surface area contributed by atoms with Gasteiger partial charge in [0.15, 0.2) is 11.2 Å². The summed E-state index contributed by atoms with van der Waals surface area (Å²) in [6.07, 6.45) is 17.8. The van der Waals surface area contributed by atoms with Crippen LogP contribution in [-0.4, -0.2) is 72.7 Å². The molecule has 4 rings (SSSR count). The van der Waals surface area contributed by atoms with Crippen molar-refractivity contribution in [3.63, 3.8) is 0 Å². The lowest BCUT2D eigenvalue weighted by Crippen LogP contribution is -2.39. The summed E-state index contributed by atoms with van der Waals surface area (Å²) in [5, 5.41) is 12.4. The molecule has 2 aliphatic heterocycles. The number of imidazole rings is 1. The number of aryl methyl sites for hydroxylation is 2. The van der Waals surface area contributed by atoms with E-state index in [0.29, 0.717) is 42.3 Å². The number of nitrogens with one attached hydrogen (secondary N) is 4. The van der Waals surface area contributed by atoms with Crippen LogP contribution in [0.3, 0.4) is 0 Å². The predicted octanol–water partition coefficient (Wildman–Crippen LogP) is 3.46. The summed E-state index contributed by atoms with van der Waals surface area (Å²) in [4.78, 5) is 65.2. The first-order chi connectivity index (χ1) is 23.3. The highest BCUT2D eigenvalue weighted by molar-refractivity contribution is 8.00. The molecule has 2 saturated heterocycles. The van der Waals surface area contributed by atoms with Crippen molar-refractivity contribution in [2.75, 3.05) is 18.8 Å². The molecular weight excluding hydrogens is 632 g/mol. The van der Waals surface area contributed by atoms with Crippen molar-refractivity contribution >= 4 is 40.8 Å². The molecule has 2 unspecified atom stereocenters. The summed E-state index contributed by atoms with van der Waals surface area (Å²) < 4.78 is 4.45. The smallest absolute Gasteiger partial charge is 0.332 e. The van der Waals surface area contributed by atoms with Gasteiger partial charge in [0.25, 0.3) is 5.56 Å². The number of rotatable bonds is 23. The molecule has 0 spiro atoms. The zero-order chi connectivity index (χ0) is 34.3. The fourth-order valence-electron chi connectivity index (χ4n) is 6.72. The predicted molar refractivity (Wildman–Crippen MR) is 190 cm³/mol. The van der Waals surface area contributed by atoms with Crippen molar-refractivity contribution in [3.8, 4) is 0 Å². The second-order valence-corrected chi connectivity index (χ2v) is 14.7. The molecule has 4 amide bonds. The van der Waals surface area contributed by atoms with Crippen molar-refractivity contribution in [3.05, 3.63) is 27.2 Å². The first-order valence-corrected chi connectivity index (χ1v) is 19.1. The SMILES string of the molecule is Cn1cnc2c1c(=O)n(CCCCCCCCCCCNC(=O)CCCCCNC(=O)CCCCC1SC[C@@H]3NC(=O)NC13)c(=O)n2C. The number of thioether (sulfide) groups is 1. The van der Waals surface area contributed by atoms with E-state index in [-0.39, 0.29) is 41.2 Å². The number of urea groups is 1. The first-order valence-electron chi connectivity index (χ1n) is 18.1. The Morgan fingerprint density at radius 3 is 2.06 bits per heavy atom. The van der Waals surface area contributed by atoms with E-state index >= 15 is 0 Å². The van der Waals surface area contributed by atoms with Gasteiger partial charge in [0.05, 0.1) is 18.4 Å². The van der Waals surface area contributed by atoms with Crippen molar-refractivity contribution in [1.29, 1.82) is 0 Å². The molecule has 2 aromatic rings. The Morgan fingerprint density at radius 2 is 1.40 bits per heavy atom. The molecule has 0 saturated carbocycles. The molecule has 0 aliphatic carbocycles. The summed E-state index contributed by atoms with van der Waals surface area (Å²) in [5.74, 6) is 1.17. The van der Waals surface area contributed by atoms with E-state index < -0.39 is 0 Å². The summed E-state index contributed by atoms with van der Waals surface area (Å²) >= 11 is 1.91. The second-order valence-electron chi connectivity index (χ2n) is 13.4.